The third-order valence-electron chi connectivity index (χ3n) is 6.90. The Hall–Kier alpha value is -4.09. The minimum Gasteiger partial charge on any atom is -0.493 e. The number of hydrogen-bond donors (Lipinski definition) is 1. The summed E-state index contributed by atoms with van der Waals surface area (Å²) in [5, 5.41) is 2.41. The molecule has 2 heterocycles. The number of amides is 3. The van der Waals surface area contributed by atoms with Crippen LogP contribution in [0.5, 0.6) is 11.5 Å². The van der Waals surface area contributed by atoms with Crippen molar-refractivity contribution in [2.75, 3.05) is 19.8 Å². The van der Waals surface area contributed by atoms with Crippen LogP contribution in [-0.4, -0.2) is 36.6 Å². The van der Waals surface area contributed by atoms with Gasteiger partial charge >= 0.3 is 17.8 Å². The van der Waals surface area contributed by atoms with Crippen molar-refractivity contribution >= 4 is 22.9 Å². The van der Waals surface area contributed by atoms with Crippen LogP contribution in [0.25, 0.3) is 11.0 Å². The average molecular weight is 579 g/mol. The maximum atomic E-state index is 14.4. The van der Waals surface area contributed by atoms with E-state index in [-0.39, 0.29) is 42.0 Å². The molecule has 41 heavy (non-hydrogen) atoms. The minimum atomic E-state index is -4.73. The van der Waals surface area contributed by atoms with Gasteiger partial charge in [-0.2, -0.15) is 13.2 Å². The van der Waals surface area contributed by atoms with Crippen molar-refractivity contribution in [3.8, 4) is 11.5 Å². The van der Waals surface area contributed by atoms with E-state index in [1.165, 1.54) is 31.2 Å². The lowest BCUT2D eigenvalue weighted by molar-refractivity contribution is -0.136. The van der Waals surface area contributed by atoms with Gasteiger partial charge in [0.05, 0.1) is 18.8 Å². The lowest BCUT2D eigenvalue weighted by atomic mass is 9.92. The van der Waals surface area contributed by atoms with Crippen LogP contribution in [0, 0.1) is 5.82 Å². The number of halogens is 4. The molecule has 0 spiro atoms. The summed E-state index contributed by atoms with van der Waals surface area (Å²) in [6, 6.07) is 6.56. The summed E-state index contributed by atoms with van der Waals surface area (Å²) in [4.78, 5) is 38.7. The van der Waals surface area contributed by atoms with Gasteiger partial charge in [0, 0.05) is 23.6 Å². The van der Waals surface area contributed by atoms with Crippen LogP contribution in [0.15, 0.2) is 45.6 Å². The van der Waals surface area contributed by atoms with E-state index in [4.69, 9.17) is 13.9 Å². The Morgan fingerprint density at radius 2 is 1.73 bits per heavy atom. The van der Waals surface area contributed by atoms with Crippen molar-refractivity contribution in [1.82, 2.24) is 10.2 Å². The van der Waals surface area contributed by atoms with E-state index >= 15 is 0 Å². The van der Waals surface area contributed by atoms with Gasteiger partial charge in [-0.05, 0) is 62.9 Å². The van der Waals surface area contributed by atoms with Gasteiger partial charge in [-0.15, -0.1) is 0 Å². The summed E-state index contributed by atoms with van der Waals surface area (Å²) in [6.45, 7) is 5.54. The minimum absolute atomic E-state index is 0.0462. The van der Waals surface area contributed by atoms with Gasteiger partial charge in [0.2, 0.25) is 0 Å². The van der Waals surface area contributed by atoms with Crippen LogP contribution in [0.1, 0.15) is 56.7 Å². The summed E-state index contributed by atoms with van der Waals surface area (Å²) in [5.74, 6) is -0.831. The van der Waals surface area contributed by atoms with Crippen LogP contribution in [0.4, 0.5) is 22.4 Å². The molecule has 1 aromatic heterocycles. The third kappa shape index (κ3) is 6.01. The van der Waals surface area contributed by atoms with Gasteiger partial charge < -0.3 is 19.2 Å². The molecular weight excluding hydrogens is 548 g/mol. The number of carbonyl (C=O) groups excluding carboxylic acids is 2. The molecule has 0 aliphatic carbocycles. The van der Waals surface area contributed by atoms with E-state index in [0.29, 0.717) is 43.1 Å². The molecule has 12 heteroatoms. The highest BCUT2D eigenvalue weighted by atomic mass is 19.4. The molecule has 8 nitrogen and oxygen atoms in total. The van der Waals surface area contributed by atoms with E-state index in [1.807, 2.05) is 6.92 Å². The molecule has 3 aromatic rings. The summed E-state index contributed by atoms with van der Waals surface area (Å²) in [7, 11) is 0. The zero-order chi connectivity index (χ0) is 29.9. The fraction of sp³-hybridized carbons (Fsp3) is 0.414. The van der Waals surface area contributed by atoms with Gasteiger partial charge in [0.1, 0.15) is 16.9 Å². The number of urea groups is 1. The summed E-state index contributed by atoms with van der Waals surface area (Å²) < 4.78 is 71.1. The van der Waals surface area contributed by atoms with Gasteiger partial charge in [-0.25, -0.2) is 14.0 Å². The zero-order valence-corrected chi connectivity index (χ0v) is 22.8. The molecule has 1 fully saturated rings. The van der Waals surface area contributed by atoms with E-state index in [2.05, 4.69) is 5.32 Å². The number of nitrogens with zero attached hydrogens (tertiary/aromatic N) is 1. The number of aryl methyl sites for hydroxylation is 1. The highest BCUT2D eigenvalue weighted by Crippen LogP contribution is 2.38. The number of benzene rings is 2. The van der Waals surface area contributed by atoms with E-state index in [0.717, 1.165) is 11.0 Å². The van der Waals surface area contributed by atoms with Crippen molar-refractivity contribution in [2.45, 2.75) is 58.2 Å². The van der Waals surface area contributed by atoms with E-state index in [9.17, 15) is 31.9 Å². The Balaban J connectivity index is 1.41. The van der Waals surface area contributed by atoms with Crippen molar-refractivity contribution in [2.24, 2.45) is 0 Å². The fourth-order valence-corrected chi connectivity index (χ4v) is 4.85. The largest absolute Gasteiger partial charge is 0.493 e. The van der Waals surface area contributed by atoms with Crippen LogP contribution in [0.3, 0.4) is 0 Å². The summed E-state index contributed by atoms with van der Waals surface area (Å²) in [6.07, 6.45) is -3.06. The van der Waals surface area contributed by atoms with E-state index < -0.39 is 40.7 Å². The Kier molecular flexibility index (Phi) is 8.60. The second kappa shape index (κ2) is 11.8. The Morgan fingerprint density at radius 3 is 2.39 bits per heavy atom. The number of hydrogen-bond acceptors (Lipinski definition) is 6. The lowest BCUT2D eigenvalue weighted by Gasteiger charge is -2.23. The maximum absolute atomic E-state index is 14.4. The molecule has 1 saturated heterocycles. The van der Waals surface area contributed by atoms with Gasteiger partial charge in [0.15, 0.2) is 11.6 Å². The van der Waals surface area contributed by atoms with Crippen molar-refractivity contribution in [1.29, 1.82) is 0 Å². The molecule has 1 atom stereocenters. The molecule has 4 rings (SSSR count). The average Bonchev–Trinajstić information content (AvgIpc) is 3.13. The first-order chi connectivity index (χ1) is 19.4. The molecule has 0 saturated carbocycles. The maximum Gasteiger partial charge on any atom is 0.417 e. The number of carbonyl (C=O) groups is 2. The number of ether oxygens (including phenoxy) is 2. The third-order valence-corrected chi connectivity index (χ3v) is 6.90. The van der Waals surface area contributed by atoms with Crippen molar-refractivity contribution < 1.29 is 41.0 Å². The summed E-state index contributed by atoms with van der Waals surface area (Å²) >= 11 is 0. The lowest BCUT2D eigenvalue weighted by Crippen LogP contribution is -2.41. The smallest absolute Gasteiger partial charge is 0.417 e. The number of nitrogens with one attached hydrogen (secondary N) is 1. The highest BCUT2D eigenvalue weighted by Gasteiger charge is 2.49. The predicted molar refractivity (Wildman–Crippen MR) is 141 cm³/mol. The molecule has 3 amide bonds. The molecule has 220 valence electrons. The van der Waals surface area contributed by atoms with Gasteiger partial charge in [-0.1, -0.05) is 19.4 Å². The van der Waals surface area contributed by atoms with Crippen LogP contribution < -0.4 is 20.4 Å². The number of rotatable bonds is 11. The highest BCUT2D eigenvalue weighted by molar-refractivity contribution is 6.07. The molecule has 0 bridgehead atoms. The SMILES string of the molecule is CCCc1c(OCCCCN2C(=O)NC(C)(c3ccc(OCC)c(F)c3)C2=O)ccc2c(C(F)(F)F)cc(=O)oc12. The molecular formula is C29H30F4N2O6. The number of alkyl halides is 3. The molecule has 1 unspecified atom stereocenters. The van der Waals surface area contributed by atoms with Gasteiger partial charge in [-0.3, -0.25) is 9.69 Å². The number of fused-ring (bicyclic) bond motifs is 1. The van der Waals surface area contributed by atoms with E-state index in [1.54, 1.807) is 6.92 Å². The number of imide groups is 1. The first-order valence-electron chi connectivity index (χ1n) is 13.3. The monoisotopic (exact) mass is 578 g/mol. The van der Waals surface area contributed by atoms with Crippen LogP contribution in [0.2, 0.25) is 0 Å². The summed E-state index contributed by atoms with van der Waals surface area (Å²) in [5.41, 5.74) is -3.13. The first-order valence-corrected chi connectivity index (χ1v) is 13.3. The van der Waals surface area contributed by atoms with Gasteiger partial charge in [0.25, 0.3) is 5.91 Å². The predicted octanol–water partition coefficient (Wildman–Crippen LogP) is 5.93. The topological polar surface area (TPSA) is 98.1 Å². The Morgan fingerprint density at radius 1 is 1.00 bits per heavy atom. The standard InChI is InChI=1S/C29H30F4N2O6/c1-4-8-19-22(12-10-18-20(29(31,32)33)16-24(36)41-25(18)19)40-14-7-6-13-35-26(37)28(3,34-27(35)38)17-9-11-23(39-5-2)21(30)15-17/h9-12,15-16H,4-8,13-14H2,1-3H3,(H,34,38). The second-order valence-corrected chi connectivity index (χ2v) is 9.79. The number of unbranched alkanes of at least 4 members (excludes halogenated alkanes) is 1. The molecule has 1 aliphatic heterocycles. The molecule has 1 aliphatic rings. The Bertz CT molecular complexity index is 1520. The van der Waals surface area contributed by atoms with Crippen molar-refractivity contribution in [3.63, 3.8) is 0 Å². The normalized spacial score (nSPS) is 17.3. The fourth-order valence-electron chi connectivity index (χ4n) is 4.85. The van der Waals surface area contributed by atoms with Crippen molar-refractivity contribution in [3.05, 3.63) is 69.3 Å². The van der Waals surface area contributed by atoms with Crippen LogP contribution >= 0.6 is 0 Å². The molecule has 1 N–H and O–H groups in total. The van der Waals surface area contributed by atoms with Crippen LogP contribution in [-0.2, 0) is 22.9 Å². The molecule has 0 radical (unpaired) electrons. The second-order valence-electron chi connectivity index (χ2n) is 9.79. The Labute approximate surface area is 233 Å². The quantitative estimate of drug-likeness (QED) is 0.131. The zero-order valence-electron chi connectivity index (χ0n) is 22.8. The first kappa shape index (κ1) is 29.9. The molecule has 2 aromatic carbocycles.